The highest BCUT2D eigenvalue weighted by atomic mass is 16.5. The molecule has 0 aliphatic rings. The lowest BCUT2D eigenvalue weighted by Gasteiger charge is -2.13. The molecule has 20 heavy (non-hydrogen) atoms. The van der Waals surface area contributed by atoms with Crippen molar-refractivity contribution in [2.24, 2.45) is 0 Å². The molecule has 0 unspecified atom stereocenters. The molecule has 2 rings (SSSR count). The molecule has 0 saturated carbocycles. The number of nitrogens with zero attached hydrogens (tertiary/aromatic N) is 2. The molecule has 0 saturated heterocycles. The van der Waals surface area contributed by atoms with Gasteiger partial charge in [-0.15, -0.1) is 0 Å². The molecule has 1 aromatic carbocycles. The Labute approximate surface area is 120 Å². The van der Waals surface area contributed by atoms with Gasteiger partial charge >= 0.3 is 0 Å². The Bertz CT molecular complexity index is 538. The third-order valence-electron chi connectivity index (χ3n) is 3.11. The van der Waals surface area contributed by atoms with E-state index >= 15 is 0 Å². The summed E-state index contributed by atoms with van der Waals surface area (Å²) in [7, 11) is 5.68. The summed E-state index contributed by atoms with van der Waals surface area (Å²) in [6.45, 7) is 1.40. The summed E-state index contributed by atoms with van der Waals surface area (Å²) in [6, 6.07) is 12.3. The third kappa shape index (κ3) is 3.71. The van der Waals surface area contributed by atoms with Crippen LogP contribution in [0.3, 0.4) is 0 Å². The number of aromatic nitrogens is 1. The highest BCUT2D eigenvalue weighted by Crippen LogP contribution is 2.15. The molecule has 2 aromatic rings. The summed E-state index contributed by atoms with van der Waals surface area (Å²) in [5.41, 5.74) is 3.47. The number of nitrogens with one attached hydrogen (secondary N) is 1. The summed E-state index contributed by atoms with van der Waals surface area (Å²) >= 11 is 0. The molecular weight excluding hydrogens is 250 g/mol. The molecule has 0 aliphatic carbocycles. The number of pyridine rings is 1. The highest BCUT2D eigenvalue weighted by Gasteiger charge is 2.02. The zero-order chi connectivity index (χ0) is 14.4. The van der Waals surface area contributed by atoms with Gasteiger partial charge in [0.2, 0.25) is 0 Å². The lowest BCUT2D eigenvalue weighted by molar-refractivity contribution is 0.184. The van der Waals surface area contributed by atoms with Crippen LogP contribution >= 0.6 is 0 Å². The van der Waals surface area contributed by atoms with E-state index in [4.69, 9.17) is 4.74 Å². The van der Waals surface area contributed by atoms with E-state index in [0.717, 1.165) is 18.1 Å². The van der Waals surface area contributed by atoms with Gasteiger partial charge in [-0.3, -0.25) is 0 Å². The van der Waals surface area contributed by atoms with Gasteiger partial charge in [0.15, 0.2) is 0 Å². The predicted molar refractivity (Wildman–Crippen MR) is 83.0 cm³/mol. The Balaban J connectivity index is 2.01. The van der Waals surface area contributed by atoms with E-state index in [1.54, 1.807) is 7.11 Å². The Morgan fingerprint density at radius 2 is 1.85 bits per heavy atom. The Morgan fingerprint density at radius 3 is 2.45 bits per heavy atom. The molecule has 0 spiro atoms. The molecule has 0 aliphatic heterocycles. The molecule has 1 aromatic heterocycles. The second kappa shape index (κ2) is 6.91. The van der Waals surface area contributed by atoms with E-state index in [1.807, 2.05) is 49.5 Å². The van der Waals surface area contributed by atoms with E-state index in [1.165, 1.54) is 11.1 Å². The Kier molecular flexibility index (Phi) is 4.96. The fourth-order valence-corrected chi connectivity index (χ4v) is 1.98. The van der Waals surface area contributed by atoms with Crippen molar-refractivity contribution in [3.8, 4) is 0 Å². The molecule has 4 nitrogen and oxygen atoms in total. The molecular formula is C16H21N3O. The van der Waals surface area contributed by atoms with Gasteiger partial charge in [0.25, 0.3) is 0 Å². The normalized spacial score (nSPS) is 10.3. The predicted octanol–water partition coefficient (Wildman–Crippen LogP) is 2.91. The first kappa shape index (κ1) is 14.3. The van der Waals surface area contributed by atoms with Crippen molar-refractivity contribution in [2.75, 3.05) is 31.4 Å². The van der Waals surface area contributed by atoms with E-state index in [0.29, 0.717) is 6.61 Å². The van der Waals surface area contributed by atoms with Crippen LogP contribution in [0.4, 0.5) is 11.5 Å². The second-order valence-corrected chi connectivity index (χ2v) is 4.85. The highest BCUT2D eigenvalue weighted by molar-refractivity contribution is 5.48. The van der Waals surface area contributed by atoms with Gasteiger partial charge < -0.3 is 15.0 Å². The van der Waals surface area contributed by atoms with Gasteiger partial charge in [0, 0.05) is 27.7 Å². The summed E-state index contributed by atoms with van der Waals surface area (Å²) in [5, 5.41) is 3.39. The van der Waals surface area contributed by atoms with E-state index in [2.05, 4.69) is 22.4 Å². The van der Waals surface area contributed by atoms with Gasteiger partial charge in [-0.05, 0) is 23.3 Å². The molecule has 0 atom stereocenters. The van der Waals surface area contributed by atoms with Crippen molar-refractivity contribution in [1.82, 2.24) is 4.98 Å². The van der Waals surface area contributed by atoms with Crippen LogP contribution in [0.15, 0.2) is 42.6 Å². The number of ether oxygens (including phenoxy) is 1. The summed E-state index contributed by atoms with van der Waals surface area (Å²) in [5.74, 6) is 0.954. The quantitative estimate of drug-likeness (QED) is 0.876. The maximum absolute atomic E-state index is 5.22. The third-order valence-corrected chi connectivity index (χ3v) is 3.11. The van der Waals surface area contributed by atoms with Crippen LogP contribution in [0.2, 0.25) is 0 Å². The van der Waals surface area contributed by atoms with Crippen LogP contribution in [0, 0.1) is 0 Å². The van der Waals surface area contributed by atoms with Gasteiger partial charge in [-0.1, -0.05) is 24.3 Å². The molecule has 0 radical (unpaired) electrons. The topological polar surface area (TPSA) is 37.4 Å². The van der Waals surface area contributed by atoms with Crippen LogP contribution in [0.1, 0.15) is 11.1 Å². The van der Waals surface area contributed by atoms with Crippen LogP contribution in [0.5, 0.6) is 0 Å². The van der Waals surface area contributed by atoms with E-state index < -0.39 is 0 Å². The summed E-state index contributed by atoms with van der Waals surface area (Å²) in [6.07, 6.45) is 1.86. The Hall–Kier alpha value is -2.07. The lowest BCUT2D eigenvalue weighted by atomic mass is 10.1. The average Bonchev–Trinajstić information content (AvgIpc) is 2.47. The van der Waals surface area contributed by atoms with Crippen LogP contribution in [0.25, 0.3) is 0 Å². The van der Waals surface area contributed by atoms with Crippen LogP contribution in [-0.4, -0.2) is 26.2 Å². The molecule has 1 N–H and O–H groups in total. The van der Waals surface area contributed by atoms with Crippen LogP contribution in [-0.2, 0) is 17.9 Å². The van der Waals surface area contributed by atoms with Gasteiger partial charge in [-0.25, -0.2) is 4.98 Å². The second-order valence-electron chi connectivity index (χ2n) is 4.85. The van der Waals surface area contributed by atoms with Crippen molar-refractivity contribution < 1.29 is 4.74 Å². The number of methoxy groups -OCH3 is 1. The largest absolute Gasteiger partial charge is 0.380 e. The van der Waals surface area contributed by atoms with Crippen molar-refractivity contribution in [2.45, 2.75) is 13.2 Å². The molecule has 0 amide bonds. The average molecular weight is 271 g/mol. The first-order valence-electron chi connectivity index (χ1n) is 6.63. The van der Waals surface area contributed by atoms with Gasteiger partial charge in [0.1, 0.15) is 5.82 Å². The summed E-state index contributed by atoms with van der Waals surface area (Å²) in [4.78, 5) is 6.37. The Morgan fingerprint density at radius 1 is 1.10 bits per heavy atom. The lowest BCUT2D eigenvalue weighted by Crippen LogP contribution is -2.10. The fourth-order valence-electron chi connectivity index (χ4n) is 1.98. The minimum Gasteiger partial charge on any atom is -0.380 e. The standard InChI is InChI=1S/C16H21N3O/c1-19(2)16-9-8-15(11-18-16)17-10-13-6-4-5-7-14(13)12-20-3/h4-9,11,17H,10,12H2,1-3H3. The molecule has 106 valence electrons. The molecule has 0 fully saturated rings. The molecule has 1 heterocycles. The fraction of sp³-hybridized carbons (Fsp3) is 0.312. The van der Waals surface area contributed by atoms with Crippen molar-refractivity contribution in [1.29, 1.82) is 0 Å². The van der Waals surface area contributed by atoms with Crippen molar-refractivity contribution in [3.63, 3.8) is 0 Å². The zero-order valence-corrected chi connectivity index (χ0v) is 12.3. The minimum atomic E-state index is 0.635. The first-order valence-corrected chi connectivity index (χ1v) is 6.63. The molecule has 0 bridgehead atoms. The summed E-state index contributed by atoms with van der Waals surface area (Å²) < 4.78 is 5.22. The monoisotopic (exact) mass is 271 g/mol. The van der Waals surface area contributed by atoms with E-state index in [9.17, 15) is 0 Å². The van der Waals surface area contributed by atoms with Crippen molar-refractivity contribution >= 4 is 11.5 Å². The number of anilines is 2. The van der Waals surface area contributed by atoms with Crippen molar-refractivity contribution in [3.05, 3.63) is 53.7 Å². The zero-order valence-electron chi connectivity index (χ0n) is 12.3. The SMILES string of the molecule is COCc1ccccc1CNc1ccc(N(C)C)nc1. The maximum Gasteiger partial charge on any atom is 0.128 e. The number of benzene rings is 1. The number of hydrogen-bond donors (Lipinski definition) is 1. The van der Waals surface area contributed by atoms with Crippen LogP contribution < -0.4 is 10.2 Å². The van der Waals surface area contributed by atoms with E-state index in [-0.39, 0.29) is 0 Å². The minimum absolute atomic E-state index is 0.635. The number of rotatable bonds is 6. The smallest absolute Gasteiger partial charge is 0.128 e. The number of hydrogen-bond acceptors (Lipinski definition) is 4. The first-order chi connectivity index (χ1) is 9.70. The van der Waals surface area contributed by atoms with Gasteiger partial charge in [0.05, 0.1) is 18.5 Å². The van der Waals surface area contributed by atoms with Gasteiger partial charge in [-0.2, -0.15) is 0 Å². The molecule has 4 heteroatoms. The maximum atomic E-state index is 5.22.